The van der Waals surface area contributed by atoms with Crippen molar-refractivity contribution in [3.63, 3.8) is 0 Å². The number of rotatable bonds is 8. The molecule has 9 nitrogen and oxygen atoms in total. The van der Waals surface area contributed by atoms with Crippen molar-refractivity contribution in [1.82, 2.24) is 24.3 Å². The van der Waals surface area contributed by atoms with Gasteiger partial charge in [-0.1, -0.05) is 0 Å². The fourth-order valence-corrected chi connectivity index (χ4v) is 4.33. The highest BCUT2D eigenvalue weighted by Crippen LogP contribution is 2.25. The summed E-state index contributed by atoms with van der Waals surface area (Å²) in [5.41, 5.74) is 2.82. The van der Waals surface area contributed by atoms with Crippen molar-refractivity contribution in [2.24, 2.45) is 5.92 Å². The van der Waals surface area contributed by atoms with Crippen molar-refractivity contribution in [1.29, 1.82) is 0 Å². The fraction of sp³-hybridized carbons (Fsp3) is 0.556. The molecule has 0 bridgehead atoms. The lowest BCUT2D eigenvalue weighted by Crippen LogP contribution is -2.43. The Kier molecular flexibility index (Phi) is 8.08. The first-order chi connectivity index (χ1) is 17.2. The summed E-state index contributed by atoms with van der Waals surface area (Å²) in [6.07, 6.45) is 10.0. The van der Waals surface area contributed by atoms with E-state index >= 15 is 0 Å². The van der Waals surface area contributed by atoms with Gasteiger partial charge in [-0.05, 0) is 65.9 Å². The predicted molar refractivity (Wildman–Crippen MR) is 137 cm³/mol. The third-order valence-electron chi connectivity index (χ3n) is 5.90. The Labute approximate surface area is 212 Å². The molecule has 4 heterocycles. The van der Waals surface area contributed by atoms with Crippen LogP contribution in [0.25, 0.3) is 17.0 Å². The molecular weight excluding hydrogens is 458 g/mol. The van der Waals surface area contributed by atoms with Gasteiger partial charge in [0.05, 0.1) is 36.5 Å². The van der Waals surface area contributed by atoms with Gasteiger partial charge in [-0.3, -0.25) is 9.38 Å². The Morgan fingerprint density at radius 2 is 2.03 bits per heavy atom. The lowest BCUT2D eigenvalue weighted by molar-refractivity contribution is 0.0165. The van der Waals surface area contributed by atoms with E-state index in [1.807, 2.05) is 68.4 Å². The minimum absolute atomic E-state index is 0.185. The number of imidazole rings is 1. The largest absolute Gasteiger partial charge is 0.491 e. The quantitative estimate of drug-likeness (QED) is 0.415. The van der Waals surface area contributed by atoms with Gasteiger partial charge in [0.1, 0.15) is 29.3 Å². The molecule has 1 amide bonds. The third-order valence-corrected chi connectivity index (χ3v) is 5.90. The van der Waals surface area contributed by atoms with Crippen molar-refractivity contribution in [3.05, 3.63) is 42.6 Å². The first-order valence-corrected chi connectivity index (χ1v) is 12.7. The zero-order valence-electron chi connectivity index (χ0n) is 21.9. The van der Waals surface area contributed by atoms with E-state index in [9.17, 15) is 4.79 Å². The van der Waals surface area contributed by atoms with Crippen LogP contribution in [0.4, 0.5) is 4.79 Å². The van der Waals surface area contributed by atoms with Crippen LogP contribution in [-0.4, -0.2) is 68.4 Å². The van der Waals surface area contributed by atoms with Crippen molar-refractivity contribution in [3.8, 4) is 17.1 Å². The molecule has 1 saturated heterocycles. The Hall–Kier alpha value is -3.20. The van der Waals surface area contributed by atoms with Gasteiger partial charge in [0.15, 0.2) is 0 Å². The topological polar surface area (TPSA) is 91.1 Å². The molecule has 9 heteroatoms. The van der Waals surface area contributed by atoms with E-state index < -0.39 is 5.60 Å². The molecule has 1 aliphatic heterocycles. The van der Waals surface area contributed by atoms with Crippen LogP contribution in [0.1, 0.15) is 53.2 Å². The summed E-state index contributed by atoms with van der Waals surface area (Å²) in [7, 11) is 0. The van der Waals surface area contributed by atoms with Crippen LogP contribution >= 0.6 is 0 Å². The maximum absolute atomic E-state index is 12.5. The second-order valence-electron chi connectivity index (χ2n) is 10.5. The summed E-state index contributed by atoms with van der Waals surface area (Å²) in [4.78, 5) is 28.2. The first-order valence-electron chi connectivity index (χ1n) is 12.7. The van der Waals surface area contributed by atoms with Gasteiger partial charge >= 0.3 is 6.09 Å². The van der Waals surface area contributed by atoms with Crippen LogP contribution < -0.4 is 4.74 Å². The summed E-state index contributed by atoms with van der Waals surface area (Å²) >= 11 is 0. The van der Waals surface area contributed by atoms with Gasteiger partial charge in [-0.2, -0.15) is 0 Å². The van der Waals surface area contributed by atoms with Gasteiger partial charge in [0.2, 0.25) is 0 Å². The van der Waals surface area contributed by atoms with Crippen molar-refractivity contribution >= 4 is 11.7 Å². The molecule has 0 aromatic carbocycles. The number of hydrogen-bond donors (Lipinski definition) is 0. The van der Waals surface area contributed by atoms with Crippen LogP contribution in [0.15, 0.2) is 36.9 Å². The van der Waals surface area contributed by atoms with E-state index in [0.717, 1.165) is 54.3 Å². The predicted octanol–water partition coefficient (Wildman–Crippen LogP) is 4.78. The average Bonchev–Trinajstić information content (AvgIpc) is 3.24. The zero-order valence-corrected chi connectivity index (χ0v) is 21.9. The molecule has 4 rings (SSSR count). The molecule has 0 saturated carbocycles. The second-order valence-corrected chi connectivity index (χ2v) is 10.5. The molecule has 0 unspecified atom stereocenters. The molecule has 0 spiro atoms. The molecule has 0 N–H and O–H groups in total. The Morgan fingerprint density at radius 1 is 1.19 bits per heavy atom. The summed E-state index contributed by atoms with van der Waals surface area (Å²) in [5.74, 6) is 1.07. The lowest BCUT2D eigenvalue weighted by Gasteiger charge is -2.34. The van der Waals surface area contributed by atoms with E-state index in [1.54, 1.807) is 12.4 Å². The van der Waals surface area contributed by atoms with Crippen LogP contribution in [0.3, 0.4) is 0 Å². The highest BCUT2D eigenvalue weighted by Gasteiger charge is 2.28. The first kappa shape index (κ1) is 25.9. The summed E-state index contributed by atoms with van der Waals surface area (Å²) in [5, 5.41) is 0. The van der Waals surface area contributed by atoms with Gasteiger partial charge in [-0.25, -0.2) is 14.8 Å². The maximum Gasteiger partial charge on any atom is 0.410 e. The van der Waals surface area contributed by atoms with E-state index in [2.05, 4.69) is 9.97 Å². The number of piperidine rings is 1. The van der Waals surface area contributed by atoms with Crippen LogP contribution in [0.5, 0.6) is 5.75 Å². The van der Waals surface area contributed by atoms with Crippen LogP contribution in [-0.2, 0) is 15.9 Å². The lowest BCUT2D eigenvalue weighted by atomic mass is 9.93. The minimum Gasteiger partial charge on any atom is -0.491 e. The van der Waals surface area contributed by atoms with E-state index in [1.165, 1.54) is 0 Å². The molecule has 1 atom stereocenters. The van der Waals surface area contributed by atoms with Crippen molar-refractivity contribution < 1.29 is 19.0 Å². The molecular formula is C27H37N5O4. The van der Waals surface area contributed by atoms with Gasteiger partial charge in [0.25, 0.3) is 0 Å². The number of carbonyl (C=O) groups excluding carboxylic acids is 1. The molecule has 1 fully saturated rings. The molecule has 0 radical (unpaired) electrons. The normalized spacial score (nSPS) is 16.5. The number of carbonyl (C=O) groups is 1. The molecule has 3 aromatic rings. The Bertz CT molecular complexity index is 1170. The maximum atomic E-state index is 12.5. The van der Waals surface area contributed by atoms with Gasteiger partial charge in [0, 0.05) is 31.5 Å². The number of likely N-dealkylation sites (tertiary alicyclic amines) is 1. The number of ether oxygens (including phenoxy) is 3. The molecule has 1 aliphatic rings. The van der Waals surface area contributed by atoms with Crippen LogP contribution in [0, 0.1) is 5.92 Å². The van der Waals surface area contributed by atoms with E-state index in [4.69, 9.17) is 19.2 Å². The average molecular weight is 496 g/mol. The zero-order chi connectivity index (χ0) is 25.7. The fourth-order valence-electron chi connectivity index (χ4n) is 4.33. The van der Waals surface area contributed by atoms with Gasteiger partial charge < -0.3 is 19.1 Å². The number of hydrogen-bond acceptors (Lipinski definition) is 7. The Morgan fingerprint density at radius 3 is 2.81 bits per heavy atom. The van der Waals surface area contributed by atoms with Crippen molar-refractivity contribution in [2.45, 2.75) is 65.6 Å². The number of pyridine rings is 1. The minimum atomic E-state index is -0.493. The monoisotopic (exact) mass is 495 g/mol. The highest BCUT2D eigenvalue weighted by molar-refractivity contribution is 5.68. The van der Waals surface area contributed by atoms with E-state index in [0.29, 0.717) is 25.7 Å². The summed E-state index contributed by atoms with van der Waals surface area (Å²) < 4.78 is 18.9. The van der Waals surface area contributed by atoms with E-state index in [-0.39, 0.29) is 12.2 Å². The molecule has 36 heavy (non-hydrogen) atoms. The number of aromatic nitrogens is 4. The third kappa shape index (κ3) is 6.94. The van der Waals surface area contributed by atoms with Crippen molar-refractivity contribution in [2.75, 3.05) is 26.3 Å². The standard InChI is InChI=1S/C27H37N5O4/c1-19(2)34-11-12-35-22-8-10-32-24(17-29-25(32)14-22)23-16-28-15-21(30-23)13-20-7-6-9-31(18-20)26(33)36-27(3,4)5/h8,10,14-17,19-20H,6-7,9,11-13,18H2,1-5H3/t20-/m0/s1. The number of nitrogens with zero attached hydrogens (tertiary/aromatic N) is 5. The smallest absolute Gasteiger partial charge is 0.410 e. The SMILES string of the molecule is CC(C)OCCOc1ccn2c(-c3cncc(C[C@@H]4CCCN(C(=O)OC(C)(C)C)C4)n3)cnc2c1. The summed E-state index contributed by atoms with van der Waals surface area (Å²) in [6.45, 7) is 12.1. The molecule has 194 valence electrons. The highest BCUT2D eigenvalue weighted by atomic mass is 16.6. The number of fused-ring (bicyclic) bond motifs is 1. The number of amides is 1. The van der Waals surface area contributed by atoms with Crippen LogP contribution in [0.2, 0.25) is 0 Å². The molecule has 3 aromatic heterocycles. The Balaban J connectivity index is 1.41. The molecule has 0 aliphatic carbocycles. The second kappa shape index (κ2) is 11.2. The summed E-state index contributed by atoms with van der Waals surface area (Å²) in [6, 6.07) is 3.82. The van der Waals surface area contributed by atoms with Gasteiger partial charge in [-0.15, -0.1) is 0 Å².